The van der Waals surface area contributed by atoms with Gasteiger partial charge in [0, 0.05) is 12.6 Å². The van der Waals surface area contributed by atoms with Gasteiger partial charge in [-0.15, -0.1) is 0 Å². The summed E-state index contributed by atoms with van der Waals surface area (Å²) < 4.78 is 13.0. The molecule has 22 heavy (non-hydrogen) atoms. The maximum atomic E-state index is 12.4. The number of carbonyl (C=O) groups is 1. The smallest absolute Gasteiger partial charge is 0.271 e. The maximum absolute atomic E-state index is 12.4. The van der Waals surface area contributed by atoms with Gasteiger partial charge in [0.15, 0.2) is 0 Å². The van der Waals surface area contributed by atoms with Crippen LogP contribution in [0.15, 0.2) is 24.4 Å². The second-order valence-corrected chi connectivity index (χ2v) is 5.93. The molecule has 6 nitrogen and oxygen atoms in total. The minimum atomic E-state index is -0.233. The van der Waals surface area contributed by atoms with Gasteiger partial charge in [-0.3, -0.25) is 9.48 Å². The van der Waals surface area contributed by atoms with Crippen molar-refractivity contribution in [3.05, 3.63) is 39.2 Å². The Morgan fingerprint density at radius 3 is 2.64 bits per heavy atom. The van der Waals surface area contributed by atoms with Crippen LogP contribution >= 0.6 is 22.6 Å². The molecule has 0 saturated heterocycles. The Bertz CT molecular complexity index is 665. The maximum Gasteiger partial charge on any atom is 0.271 e. The number of hydrogen-bond donors (Lipinski definition) is 1. The molecule has 1 unspecified atom stereocenters. The Kier molecular flexibility index (Phi) is 5.28. The van der Waals surface area contributed by atoms with E-state index < -0.39 is 0 Å². The summed E-state index contributed by atoms with van der Waals surface area (Å²) in [6.45, 7) is 1.90. The summed E-state index contributed by atoms with van der Waals surface area (Å²) in [5.41, 5.74) is 1.39. The van der Waals surface area contributed by atoms with Crippen LogP contribution in [-0.4, -0.2) is 29.9 Å². The van der Waals surface area contributed by atoms with Crippen LogP contribution in [-0.2, 0) is 7.05 Å². The molecule has 0 aliphatic carbocycles. The lowest BCUT2D eigenvalue weighted by atomic mass is 10.1. The Hall–Kier alpha value is -1.77. The number of aromatic nitrogens is 2. The molecular weight excluding hydrogens is 397 g/mol. The highest BCUT2D eigenvalue weighted by atomic mass is 127. The van der Waals surface area contributed by atoms with E-state index in [2.05, 4.69) is 33.0 Å². The summed E-state index contributed by atoms with van der Waals surface area (Å²) in [6, 6.07) is 5.27. The molecule has 0 fully saturated rings. The first kappa shape index (κ1) is 16.6. The van der Waals surface area contributed by atoms with Crippen molar-refractivity contribution < 1.29 is 14.3 Å². The predicted octanol–water partition coefficient (Wildman–Crippen LogP) is 2.53. The van der Waals surface area contributed by atoms with Crippen molar-refractivity contribution in [1.29, 1.82) is 0 Å². The second-order valence-electron chi connectivity index (χ2n) is 4.77. The largest absolute Gasteiger partial charge is 0.497 e. The van der Waals surface area contributed by atoms with E-state index in [4.69, 9.17) is 9.47 Å². The van der Waals surface area contributed by atoms with Gasteiger partial charge in [0.2, 0.25) is 0 Å². The van der Waals surface area contributed by atoms with Gasteiger partial charge in [0.25, 0.3) is 5.91 Å². The molecule has 118 valence electrons. The number of hydrogen-bond acceptors (Lipinski definition) is 4. The van der Waals surface area contributed by atoms with Gasteiger partial charge in [-0.25, -0.2) is 0 Å². The first-order valence-corrected chi connectivity index (χ1v) is 7.76. The van der Waals surface area contributed by atoms with Crippen molar-refractivity contribution in [1.82, 2.24) is 15.1 Å². The van der Waals surface area contributed by atoms with E-state index in [1.165, 1.54) is 0 Å². The van der Waals surface area contributed by atoms with Crippen LogP contribution in [0.25, 0.3) is 0 Å². The number of carbonyl (C=O) groups excluding carboxylic acids is 1. The van der Waals surface area contributed by atoms with Gasteiger partial charge >= 0.3 is 0 Å². The van der Waals surface area contributed by atoms with Crippen molar-refractivity contribution >= 4 is 28.5 Å². The Morgan fingerprint density at radius 1 is 1.36 bits per heavy atom. The minimum Gasteiger partial charge on any atom is -0.497 e. The monoisotopic (exact) mass is 415 g/mol. The third-order valence-corrected chi connectivity index (χ3v) is 4.15. The number of nitrogens with one attached hydrogen (secondary N) is 1. The van der Waals surface area contributed by atoms with Crippen molar-refractivity contribution in [2.45, 2.75) is 13.0 Å². The Labute approximate surface area is 142 Å². The van der Waals surface area contributed by atoms with E-state index in [0.29, 0.717) is 17.2 Å². The second kappa shape index (κ2) is 6.99. The zero-order chi connectivity index (χ0) is 16.3. The highest BCUT2D eigenvalue weighted by Crippen LogP contribution is 2.29. The van der Waals surface area contributed by atoms with Gasteiger partial charge in [0.1, 0.15) is 17.2 Å². The van der Waals surface area contributed by atoms with E-state index in [-0.39, 0.29) is 11.9 Å². The summed E-state index contributed by atoms with van der Waals surface area (Å²) in [4.78, 5) is 12.4. The summed E-state index contributed by atoms with van der Waals surface area (Å²) in [7, 11) is 4.95. The SMILES string of the molecule is COc1ccc(OC)c(C(C)NC(=O)c2c(I)cnn2C)c1. The van der Waals surface area contributed by atoms with Crippen molar-refractivity contribution in [2.75, 3.05) is 14.2 Å². The fourth-order valence-corrected chi connectivity index (χ4v) is 2.91. The zero-order valence-corrected chi connectivity index (χ0v) is 15.0. The van der Waals surface area contributed by atoms with Gasteiger partial charge in [-0.2, -0.15) is 5.10 Å². The molecule has 0 saturated carbocycles. The number of halogens is 1. The fourth-order valence-electron chi connectivity index (χ4n) is 2.19. The van der Waals surface area contributed by atoms with Gasteiger partial charge < -0.3 is 14.8 Å². The standard InChI is InChI=1S/C15H18IN3O3/c1-9(11-7-10(21-3)5-6-13(11)22-4)18-15(20)14-12(16)8-17-19(14)2/h5-9H,1-4H3,(H,18,20). The van der Waals surface area contributed by atoms with Gasteiger partial charge in [-0.1, -0.05) is 0 Å². The van der Waals surface area contributed by atoms with Crippen LogP contribution in [0.1, 0.15) is 29.0 Å². The first-order valence-electron chi connectivity index (χ1n) is 6.68. The van der Waals surface area contributed by atoms with Crippen LogP contribution in [0.5, 0.6) is 11.5 Å². The van der Waals surface area contributed by atoms with Gasteiger partial charge in [0.05, 0.1) is 30.0 Å². The van der Waals surface area contributed by atoms with Crippen LogP contribution in [0.2, 0.25) is 0 Å². The predicted molar refractivity (Wildman–Crippen MR) is 91.4 cm³/mol. The van der Waals surface area contributed by atoms with E-state index in [1.807, 2.05) is 25.1 Å². The highest BCUT2D eigenvalue weighted by molar-refractivity contribution is 14.1. The van der Waals surface area contributed by atoms with Crippen molar-refractivity contribution in [3.63, 3.8) is 0 Å². The average Bonchev–Trinajstić information content (AvgIpc) is 2.85. The summed E-state index contributed by atoms with van der Waals surface area (Å²) >= 11 is 2.09. The molecule has 2 rings (SSSR count). The zero-order valence-electron chi connectivity index (χ0n) is 12.9. The van der Waals surface area contributed by atoms with E-state index in [0.717, 1.165) is 9.13 Å². The van der Waals surface area contributed by atoms with Crippen molar-refractivity contribution in [2.24, 2.45) is 7.05 Å². The number of ether oxygens (including phenoxy) is 2. The molecule has 0 spiro atoms. The molecule has 0 aliphatic rings. The molecule has 1 amide bonds. The minimum absolute atomic E-state index is 0.179. The number of methoxy groups -OCH3 is 2. The molecule has 1 aromatic heterocycles. The third kappa shape index (κ3) is 3.34. The molecule has 0 aliphatic heterocycles. The molecule has 2 aromatic rings. The Balaban J connectivity index is 2.25. The normalized spacial score (nSPS) is 11.9. The molecule has 0 bridgehead atoms. The number of nitrogens with zero attached hydrogens (tertiary/aromatic N) is 2. The third-order valence-electron chi connectivity index (χ3n) is 3.36. The van der Waals surface area contributed by atoms with Crippen LogP contribution in [0.4, 0.5) is 0 Å². The van der Waals surface area contributed by atoms with Crippen LogP contribution < -0.4 is 14.8 Å². The molecule has 0 radical (unpaired) electrons. The van der Waals surface area contributed by atoms with E-state index in [1.54, 1.807) is 32.1 Å². The lowest BCUT2D eigenvalue weighted by molar-refractivity contribution is 0.0929. The molecule has 1 atom stereocenters. The summed E-state index contributed by atoms with van der Waals surface area (Å²) in [6.07, 6.45) is 1.66. The lowest BCUT2D eigenvalue weighted by Crippen LogP contribution is -2.29. The topological polar surface area (TPSA) is 65.4 Å². The number of rotatable bonds is 5. The summed E-state index contributed by atoms with van der Waals surface area (Å²) in [5, 5.41) is 7.05. The van der Waals surface area contributed by atoms with E-state index >= 15 is 0 Å². The average molecular weight is 415 g/mol. The fraction of sp³-hybridized carbons (Fsp3) is 0.333. The molecular formula is C15H18IN3O3. The number of benzene rings is 1. The number of aryl methyl sites for hydroxylation is 1. The van der Waals surface area contributed by atoms with Gasteiger partial charge in [-0.05, 0) is 47.7 Å². The van der Waals surface area contributed by atoms with Crippen molar-refractivity contribution in [3.8, 4) is 11.5 Å². The van der Waals surface area contributed by atoms with E-state index in [9.17, 15) is 4.79 Å². The molecule has 1 aromatic carbocycles. The molecule has 1 heterocycles. The quantitative estimate of drug-likeness (QED) is 0.763. The first-order chi connectivity index (χ1) is 10.5. The number of amides is 1. The lowest BCUT2D eigenvalue weighted by Gasteiger charge is -2.18. The van der Waals surface area contributed by atoms with Crippen LogP contribution in [0, 0.1) is 3.57 Å². The molecule has 7 heteroatoms. The molecule has 1 N–H and O–H groups in total. The van der Waals surface area contributed by atoms with Crippen LogP contribution in [0.3, 0.4) is 0 Å². The Morgan fingerprint density at radius 2 is 2.09 bits per heavy atom. The highest BCUT2D eigenvalue weighted by Gasteiger charge is 2.20. The summed E-state index contributed by atoms with van der Waals surface area (Å²) in [5.74, 6) is 1.24.